The average Bonchev–Trinajstić information content (AvgIpc) is 2.74. The van der Waals surface area contributed by atoms with Gasteiger partial charge in [0.1, 0.15) is 0 Å². The quantitative estimate of drug-likeness (QED) is 0.763. The second-order valence-electron chi connectivity index (χ2n) is 3.29. The summed E-state index contributed by atoms with van der Waals surface area (Å²) in [7, 11) is 0. The maximum absolute atomic E-state index is 11.6. The maximum Gasteiger partial charge on any atom is 0.357 e. The summed E-state index contributed by atoms with van der Waals surface area (Å²) in [4.78, 5) is 18.7. The number of hydrogen-bond acceptors (Lipinski definition) is 4. The minimum absolute atomic E-state index is 0.177. The van der Waals surface area contributed by atoms with E-state index in [1.54, 1.807) is 25.3 Å². The largest absolute Gasteiger partial charge is 0.461 e. The van der Waals surface area contributed by atoms with Crippen LogP contribution in [0.3, 0.4) is 0 Å². The van der Waals surface area contributed by atoms with Gasteiger partial charge in [0.05, 0.1) is 24.2 Å². The molecule has 0 amide bonds. The summed E-state index contributed by atoms with van der Waals surface area (Å²) < 4.78 is 4.87. The van der Waals surface area contributed by atoms with Gasteiger partial charge < -0.3 is 14.8 Å². The van der Waals surface area contributed by atoms with Gasteiger partial charge in [0, 0.05) is 11.8 Å². The van der Waals surface area contributed by atoms with Crippen LogP contribution in [0.5, 0.6) is 0 Å². The van der Waals surface area contributed by atoms with E-state index in [4.69, 9.17) is 4.74 Å². The molecule has 0 aliphatic rings. The number of nitrogens with one attached hydrogen (secondary N) is 1. The van der Waals surface area contributed by atoms with Gasteiger partial charge in [-0.2, -0.15) is 0 Å². The summed E-state index contributed by atoms with van der Waals surface area (Å²) in [6, 6.07) is 3.47. The summed E-state index contributed by atoms with van der Waals surface area (Å²) >= 11 is 0. The Morgan fingerprint density at radius 1 is 1.62 bits per heavy atom. The predicted molar refractivity (Wildman–Crippen MR) is 58.0 cm³/mol. The number of aromatic nitrogens is 2. The molecule has 0 atom stereocenters. The number of hydrogen-bond donors (Lipinski definition) is 2. The molecule has 0 aliphatic carbocycles. The molecular weight excluding hydrogens is 208 g/mol. The van der Waals surface area contributed by atoms with Gasteiger partial charge in [0.15, 0.2) is 5.69 Å². The van der Waals surface area contributed by atoms with E-state index in [9.17, 15) is 9.90 Å². The number of carbonyl (C=O) groups excluding carboxylic acids is 1. The van der Waals surface area contributed by atoms with Crippen LogP contribution in [0, 0.1) is 0 Å². The van der Waals surface area contributed by atoms with Gasteiger partial charge in [-0.15, -0.1) is 0 Å². The highest BCUT2D eigenvalue weighted by molar-refractivity contribution is 5.92. The molecule has 0 aromatic carbocycles. The second-order valence-corrected chi connectivity index (χ2v) is 3.29. The van der Waals surface area contributed by atoms with E-state index >= 15 is 0 Å². The lowest BCUT2D eigenvalue weighted by atomic mass is 10.2. The van der Waals surface area contributed by atoms with Crippen molar-refractivity contribution in [2.45, 2.75) is 13.5 Å². The van der Waals surface area contributed by atoms with Crippen molar-refractivity contribution < 1.29 is 14.6 Å². The van der Waals surface area contributed by atoms with Crippen LogP contribution in [0.2, 0.25) is 0 Å². The monoisotopic (exact) mass is 220 g/mol. The standard InChI is InChI=1S/C11H12N2O3/c1-2-16-11(15)10-7(6-14)5-9-8(13-10)3-4-12-9/h3-5,12,14H,2,6H2,1H3. The number of fused-ring (bicyclic) bond motifs is 1. The number of aromatic amines is 1. The number of aliphatic hydroxyl groups excluding tert-OH is 1. The Morgan fingerprint density at radius 3 is 3.12 bits per heavy atom. The lowest BCUT2D eigenvalue weighted by Gasteiger charge is -2.05. The van der Waals surface area contributed by atoms with E-state index in [2.05, 4.69) is 9.97 Å². The Labute approximate surface area is 92.1 Å². The van der Waals surface area contributed by atoms with Crippen molar-refractivity contribution in [3.05, 3.63) is 29.6 Å². The lowest BCUT2D eigenvalue weighted by Crippen LogP contribution is -2.10. The molecule has 5 heteroatoms. The van der Waals surface area contributed by atoms with Crippen molar-refractivity contribution in [3.63, 3.8) is 0 Å². The fourth-order valence-corrected chi connectivity index (χ4v) is 1.52. The normalized spacial score (nSPS) is 10.6. The van der Waals surface area contributed by atoms with E-state index < -0.39 is 5.97 Å². The Kier molecular flexibility index (Phi) is 2.87. The zero-order valence-electron chi connectivity index (χ0n) is 8.86. The molecule has 2 aromatic rings. The Morgan fingerprint density at radius 2 is 2.44 bits per heavy atom. The first-order valence-corrected chi connectivity index (χ1v) is 5.01. The van der Waals surface area contributed by atoms with Crippen molar-refractivity contribution in [3.8, 4) is 0 Å². The highest BCUT2D eigenvalue weighted by Gasteiger charge is 2.15. The van der Waals surface area contributed by atoms with E-state index in [0.717, 1.165) is 5.52 Å². The molecule has 5 nitrogen and oxygen atoms in total. The third kappa shape index (κ3) is 1.77. The van der Waals surface area contributed by atoms with Crippen molar-refractivity contribution in [1.82, 2.24) is 9.97 Å². The molecule has 2 rings (SSSR count). The molecular formula is C11H12N2O3. The van der Waals surface area contributed by atoms with Gasteiger partial charge in [-0.3, -0.25) is 0 Å². The summed E-state index contributed by atoms with van der Waals surface area (Å²) in [6.07, 6.45) is 1.73. The molecule has 0 saturated carbocycles. The van der Waals surface area contributed by atoms with Gasteiger partial charge in [-0.1, -0.05) is 0 Å². The van der Waals surface area contributed by atoms with Crippen molar-refractivity contribution in [2.75, 3.05) is 6.61 Å². The molecule has 16 heavy (non-hydrogen) atoms. The SMILES string of the molecule is CCOC(=O)c1nc2cc[nH]c2cc1CO. The van der Waals surface area contributed by atoms with Crippen LogP contribution in [-0.4, -0.2) is 27.7 Å². The second kappa shape index (κ2) is 4.32. The minimum atomic E-state index is -0.505. The lowest BCUT2D eigenvalue weighted by molar-refractivity contribution is 0.0516. The Balaban J connectivity index is 2.52. The number of esters is 1. The van der Waals surface area contributed by atoms with Crippen LogP contribution in [0.25, 0.3) is 11.0 Å². The van der Waals surface area contributed by atoms with Crippen LogP contribution >= 0.6 is 0 Å². The summed E-state index contributed by atoms with van der Waals surface area (Å²) in [5, 5.41) is 9.17. The maximum atomic E-state index is 11.6. The number of rotatable bonds is 3. The topological polar surface area (TPSA) is 75.2 Å². The van der Waals surface area contributed by atoms with Gasteiger partial charge in [0.2, 0.25) is 0 Å². The van der Waals surface area contributed by atoms with Gasteiger partial charge >= 0.3 is 5.97 Å². The number of carbonyl (C=O) groups is 1. The third-order valence-corrected chi connectivity index (χ3v) is 2.25. The van der Waals surface area contributed by atoms with Crippen LogP contribution in [0.4, 0.5) is 0 Å². The first-order valence-electron chi connectivity index (χ1n) is 5.01. The van der Waals surface area contributed by atoms with E-state index in [1.807, 2.05) is 0 Å². The average molecular weight is 220 g/mol. The third-order valence-electron chi connectivity index (χ3n) is 2.25. The molecule has 2 heterocycles. The van der Waals surface area contributed by atoms with Gasteiger partial charge in [-0.25, -0.2) is 9.78 Å². The van der Waals surface area contributed by atoms with Crippen molar-refractivity contribution in [2.24, 2.45) is 0 Å². The zero-order chi connectivity index (χ0) is 11.5. The number of H-pyrrole nitrogens is 1. The molecule has 0 unspecified atom stereocenters. The summed E-state index contributed by atoms with van der Waals surface area (Å²) in [5.41, 5.74) is 2.11. The number of ether oxygens (including phenoxy) is 1. The van der Waals surface area contributed by atoms with Crippen molar-refractivity contribution in [1.29, 1.82) is 0 Å². The van der Waals surface area contributed by atoms with E-state index in [-0.39, 0.29) is 18.9 Å². The molecule has 2 aromatic heterocycles. The van der Waals surface area contributed by atoms with Crippen LogP contribution < -0.4 is 0 Å². The Bertz CT molecular complexity index is 519. The number of pyridine rings is 1. The number of aliphatic hydroxyl groups is 1. The van der Waals surface area contributed by atoms with Crippen LogP contribution in [0.1, 0.15) is 23.0 Å². The molecule has 0 spiro atoms. The first-order chi connectivity index (χ1) is 7.76. The highest BCUT2D eigenvalue weighted by atomic mass is 16.5. The Hall–Kier alpha value is -1.88. The van der Waals surface area contributed by atoms with Gasteiger partial charge in [0.25, 0.3) is 0 Å². The highest BCUT2D eigenvalue weighted by Crippen LogP contribution is 2.16. The summed E-state index contributed by atoms with van der Waals surface area (Å²) in [6.45, 7) is 1.78. The fourth-order valence-electron chi connectivity index (χ4n) is 1.52. The molecule has 0 radical (unpaired) electrons. The minimum Gasteiger partial charge on any atom is -0.461 e. The van der Waals surface area contributed by atoms with E-state index in [1.165, 1.54) is 0 Å². The fraction of sp³-hybridized carbons (Fsp3) is 0.273. The summed E-state index contributed by atoms with van der Waals surface area (Å²) in [5.74, 6) is -0.505. The van der Waals surface area contributed by atoms with Crippen LogP contribution in [-0.2, 0) is 11.3 Å². The smallest absolute Gasteiger partial charge is 0.357 e. The zero-order valence-corrected chi connectivity index (χ0v) is 8.86. The molecule has 0 aliphatic heterocycles. The molecule has 2 N–H and O–H groups in total. The van der Waals surface area contributed by atoms with Gasteiger partial charge in [-0.05, 0) is 19.1 Å². The molecule has 0 saturated heterocycles. The van der Waals surface area contributed by atoms with Crippen molar-refractivity contribution >= 4 is 17.0 Å². The van der Waals surface area contributed by atoms with Crippen LogP contribution in [0.15, 0.2) is 18.3 Å². The van der Waals surface area contributed by atoms with E-state index in [0.29, 0.717) is 11.1 Å². The molecule has 0 bridgehead atoms. The first kappa shape index (κ1) is 10.6. The molecule has 0 fully saturated rings. The number of nitrogens with zero attached hydrogens (tertiary/aromatic N) is 1. The predicted octanol–water partition coefficient (Wildman–Crippen LogP) is 1.23. The molecule has 84 valence electrons.